The first kappa shape index (κ1) is 13.7. The molecule has 1 aromatic rings. The molecule has 0 saturated carbocycles. The lowest BCUT2D eigenvalue weighted by Gasteiger charge is -2.10. The van der Waals surface area contributed by atoms with E-state index in [0.29, 0.717) is 19.0 Å². The van der Waals surface area contributed by atoms with E-state index in [4.69, 9.17) is 16.3 Å². The summed E-state index contributed by atoms with van der Waals surface area (Å²) in [5, 5.41) is 0.122. The van der Waals surface area contributed by atoms with Crippen molar-refractivity contribution in [3.8, 4) is 0 Å². The Morgan fingerprint density at radius 2 is 2.12 bits per heavy atom. The average molecular weight is 258 g/mol. The Morgan fingerprint density at radius 1 is 1.47 bits per heavy atom. The molecule has 0 aliphatic carbocycles. The molecule has 0 bridgehead atoms. The number of anilines is 1. The van der Waals surface area contributed by atoms with Crippen LogP contribution in [0.3, 0.4) is 0 Å². The summed E-state index contributed by atoms with van der Waals surface area (Å²) in [6.07, 6.45) is 1.10. The van der Waals surface area contributed by atoms with Crippen molar-refractivity contribution in [1.29, 1.82) is 0 Å². The molecule has 0 N–H and O–H groups in total. The van der Waals surface area contributed by atoms with Gasteiger partial charge >= 0.3 is 6.09 Å². The van der Waals surface area contributed by atoms with Crippen molar-refractivity contribution >= 4 is 23.5 Å². The summed E-state index contributed by atoms with van der Waals surface area (Å²) in [5.74, 6) is 1.31. The minimum atomic E-state index is -0.394. The Labute approximate surface area is 106 Å². The zero-order valence-corrected chi connectivity index (χ0v) is 10.9. The monoisotopic (exact) mass is 257 g/mol. The minimum Gasteiger partial charge on any atom is -0.447 e. The van der Waals surface area contributed by atoms with Gasteiger partial charge in [0.2, 0.25) is 5.28 Å². The number of ether oxygens (including phenoxy) is 1. The Balaban J connectivity index is 0.000000317. The second-order valence-electron chi connectivity index (χ2n) is 4.18. The van der Waals surface area contributed by atoms with E-state index in [0.717, 1.165) is 5.92 Å². The lowest BCUT2D eigenvalue weighted by Crippen LogP contribution is -2.24. The summed E-state index contributed by atoms with van der Waals surface area (Å²) in [6.45, 7) is 7.40. The molecule has 1 fully saturated rings. The predicted molar refractivity (Wildman–Crippen MR) is 66.2 cm³/mol. The number of rotatable bonds is 1. The molecule has 1 aromatic heterocycles. The quantitative estimate of drug-likeness (QED) is 0.726. The van der Waals surface area contributed by atoms with Crippen LogP contribution in [-0.4, -0.2) is 29.2 Å². The number of nitrogens with zero attached hydrogens (tertiary/aromatic N) is 3. The molecule has 1 amide bonds. The lowest BCUT2D eigenvalue weighted by atomic mass is 10.3. The molecule has 17 heavy (non-hydrogen) atoms. The van der Waals surface area contributed by atoms with E-state index in [1.165, 1.54) is 11.1 Å². The number of cyclic esters (lactones) is 1. The minimum absolute atomic E-state index is 0.122. The Hall–Kier alpha value is -1.36. The maximum Gasteiger partial charge on any atom is 0.415 e. The zero-order chi connectivity index (χ0) is 12.8. The number of carbonyl (C=O) groups is 1. The van der Waals surface area contributed by atoms with Crippen LogP contribution in [0.15, 0.2) is 12.3 Å². The largest absolute Gasteiger partial charge is 0.447 e. The van der Waals surface area contributed by atoms with Gasteiger partial charge < -0.3 is 4.74 Å². The molecule has 2 heterocycles. The van der Waals surface area contributed by atoms with Gasteiger partial charge in [-0.2, -0.15) is 0 Å². The maximum atomic E-state index is 11.1. The van der Waals surface area contributed by atoms with E-state index in [9.17, 15) is 4.79 Å². The van der Waals surface area contributed by atoms with E-state index < -0.39 is 6.09 Å². The topological polar surface area (TPSA) is 55.3 Å². The number of hydrogen-bond acceptors (Lipinski definition) is 4. The summed E-state index contributed by atoms with van der Waals surface area (Å²) in [4.78, 5) is 20.1. The van der Waals surface area contributed by atoms with Crippen molar-refractivity contribution in [2.24, 2.45) is 5.92 Å². The fourth-order valence-corrected chi connectivity index (χ4v) is 1.22. The second-order valence-corrected chi connectivity index (χ2v) is 4.52. The van der Waals surface area contributed by atoms with E-state index in [1.807, 2.05) is 0 Å². The van der Waals surface area contributed by atoms with Gasteiger partial charge in [0.05, 0.1) is 6.54 Å². The Kier molecular flexibility index (Phi) is 5.15. The Bertz CT molecular complexity index is 382. The summed E-state index contributed by atoms with van der Waals surface area (Å²) >= 11 is 5.57. The molecule has 0 aromatic carbocycles. The lowest BCUT2D eigenvalue weighted by molar-refractivity contribution is 0.181. The Morgan fingerprint density at radius 3 is 2.59 bits per heavy atom. The number of amides is 1. The van der Waals surface area contributed by atoms with Gasteiger partial charge in [0.15, 0.2) is 0 Å². The van der Waals surface area contributed by atoms with Crippen LogP contribution in [-0.2, 0) is 4.74 Å². The van der Waals surface area contributed by atoms with E-state index in [1.54, 1.807) is 6.07 Å². The third-order valence-corrected chi connectivity index (χ3v) is 1.83. The molecule has 94 valence electrons. The molecular weight excluding hydrogens is 242 g/mol. The van der Waals surface area contributed by atoms with Crippen LogP contribution in [0.4, 0.5) is 10.6 Å². The molecule has 5 nitrogen and oxygen atoms in total. The third kappa shape index (κ3) is 4.56. The van der Waals surface area contributed by atoms with Gasteiger partial charge in [-0.15, -0.1) is 0 Å². The van der Waals surface area contributed by atoms with Crippen molar-refractivity contribution in [2.75, 3.05) is 18.1 Å². The van der Waals surface area contributed by atoms with Crippen LogP contribution in [0.25, 0.3) is 0 Å². The fraction of sp³-hybridized carbons (Fsp3) is 0.545. The molecule has 1 aliphatic rings. The van der Waals surface area contributed by atoms with Crippen LogP contribution in [0.5, 0.6) is 0 Å². The molecule has 2 rings (SSSR count). The van der Waals surface area contributed by atoms with Crippen molar-refractivity contribution in [3.63, 3.8) is 0 Å². The first-order valence-corrected chi connectivity index (χ1v) is 5.81. The van der Waals surface area contributed by atoms with Gasteiger partial charge in [-0.05, 0) is 23.6 Å². The van der Waals surface area contributed by atoms with Gasteiger partial charge in [-0.3, -0.25) is 4.90 Å². The number of hydrogen-bond donors (Lipinski definition) is 0. The van der Waals surface area contributed by atoms with E-state index in [-0.39, 0.29) is 5.28 Å². The maximum absolute atomic E-state index is 11.1. The van der Waals surface area contributed by atoms with Crippen LogP contribution < -0.4 is 4.90 Å². The van der Waals surface area contributed by atoms with E-state index in [2.05, 4.69) is 30.7 Å². The normalized spacial score (nSPS) is 14.4. The van der Waals surface area contributed by atoms with Gasteiger partial charge in [0.1, 0.15) is 12.4 Å². The van der Waals surface area contributed by atoms with Crippen molar-refractivity contribution < 1.29 is 9.53 Å². The van der Waals surface area contributed by atoms with Crippen molar-refractivity contribution in [3.05, 3.63) is 17.5 Å². The SMILES string of the molecule is CC(C)C.O=C1OCCN1c1ccnc(Cl)n1. The highest BCUT2D eigenvalue weighted by Crippen LogP contribution is 2.16. The summed E-state index contributed by atoms with van der Waals surface area (Å²) in [6, 6.07) is 1.61. The number of carbonyl (C=O) groups excluding carboxylic acids is 1. The van der Waals surface area contributed by atoms with Crippen molar-refractivity contribution in [2.45, 2.75) is 20.8 Å². The number of aromatic nitrogens is 2. The molecular formula is C11H16ClN3O2. The van der Waals surface area contributed by atoms with Crippen molar-refractivity contribution in [1.82, 2.24) is 9.97 Å². The van der Waals surface area contributed by atoms with Gasteiger partial charge in [0, 0.05) is 6.20 Å². The molecule has 6 heteroatoms. The molecule has 0 unspecified atom stereocenters. The molecule has 1 aliphatic heterocycles. The zero-order valence-electron chi connectivity index (χ0n) is 10.2. The highest BCUT2D eigenvalue weighted by Gasteiger charge is 2.24. The average Bonchev–Trinajstić information content (AvgIpc) is 2.63. The number of halogens is 1. The van der Waals surface area contributed by atoms with Crippen LogP contribution in [0.2, 0.25) is 5.28 Å². The first-order valence-electron chi connectivity index (χ1n) is 5.43. The van der Waals surface area contributed by atoms with Gasteiger partial charge in [-0.1, -0.05) is 20.8 Å². The standard InChI is InChI=1S/C7H6ClN3O2.C4H10/c8-6-9-2-1-5(10-6)11-3-4-13-7(11)12;1-4(2)3/h1-2H,3-4H2;4H,1-3H3. The molecule has 0 radical (unpaired) electrons. The molecule has 0 spiro atoms. The summed E-state index contributed by atoms with van der Waals surface area (Å²) in [7, 11) is 0. The third-order valence-electron chi connectivity index (χ3n) is 1.65. The van der Waals surface area contributed by atoms with Crippen LogP contribution in [0.1, 0.15) is 20.8 Å². The first-order chi connectivity index (χ1) is 8.00. The summed E-state index contributed by atoms with van der Waals surface area (Å²) in [5.41, 5.74) is 0. The second kappa shape index (κ2) is 6.39. The molecule has 0 atom stereocenters. The van der Waals surface area contributed by atoms with E-state index >= 15 is 0 Å². The summed E-state index contributed by atoms with van der Waals surface area (Å²) < 4.78 is 4.74. The van der Waals surface area contributed by atoms with Gasteiger partial charge in [-0.25, -0.2) is 14.8 Å². The fourth-order valence-electron chi connectivity index (χ4n) is 1.08. The van der Waals surface area contributed by atoms with Crippen LogP contribution >= 0.6 is 11.6 Å². The van der Waals surface area contributed by atoms with Gasteiger partial charge in [0.25, 0.3) is 0 Å². The molecule has 1 saturated heterocycles. The predicted octanol–water partition coefficient (Wildman–Crippen LogP) is 2.75. The highest BCUT2D eigenvalue weighted by atomic mass is 35.5. The smallest absolute Gasteiger partial charge is 0.415 e. The van der Waals surface area contributed by atoms with Crippen LogP contribution in [0, 0.1) is 5.92 Å². The highest BCUT2D eigenvalue weighted by molar-refractivity contribution is 6.28.